The molecule has 1 atom stereocenters. The number of unbranched alkanes of at least 4 members (excludes halogenated alkanes) is 1. The Hall–Kier alpha value is -1.64. The molecule has 0 amide bonds. The van der Waals surface area contributed by atoms with Gasteiger partial charge in [0.2, 0.25) is 11.9 Å². The van der Waals surface area contributed by atoms with Gasteiger partial charge in [0.15, 0.2) is 0 Å². The predicted molar refractivity (Wildman–Crippen MR) is 105 cm³/mol. The van der Waals surface area contributed by atoms with E-state index < -0.39 is 0 Å². The Kier molecular flexibility index (Phi) is 5.95. The first-order chi connectivity index (χ1) is 13.3. The molecule has 0 radical (unpaired) electrons. The molecule has 1 aliphatic carbocycles. The number of nitrogens with zero attached hydrogens (tertiary/aromatic N) is 5. The number of aliphatic hydroxyl groups is 1. The Morgan fingerprint density at radius 3 is 2.93 bits per heavy atom. The highest BCUT2D eigenvalue weighted by Crippen LogP contribution is 2.34. The largest absolute Gasteiger partial charge is 0.395 e. The van der Waals surface area contributed by atoms with Crippen molar-refractivity contribution in [3.05, 3.63) is 11.3 Å². The second-order valence-corrected chi connectivity index (χ2v) is 7.66. The third-order valence-corrected chi connectivity index (χ3v) is 5.84. The molecule has 3 heterocycles. The highest BCUT2D eigenvalue weighted by atomic mass is 16.5. The van der Waals surface area contributed by atoms with E-state index in [0.717, 1.165) is 77.1 Å². The fourth-order valence-corrected chi connectivity index (χ4v) is 4.37. The van der Waals surface area contributed by atoms with Crippen LogP contribution in [0.1, 0.15) is 39.0 Å². The van der Waals surface area contributed by atoms with Crippen LogP contribution in [0, 0.1) is 0 Å². The van der Waals surface area contributed by atoms with E-state index in [4.69, 9.17) is 14.8 Å². The number of aromatic nitrogens is 3. The standard InChI is InChI=1S/C19H32N6O2/c1-2-3-7-23(8-11-26)16-6-4-5-15-14-25-18(20-17(15)16)21-19(22-25)24-9-12-27-13-10-24/h16,26H,2-14H2,1H3,(H,20,21,22). The van der Waals surface area contributed by atoms with Crippen LogP contribution in [-0.2, 0) is 11.3 Å². The summed E-state index contributed by atoms with van der Waals surface area (Å²) >= 11 is 0. The molecular weight excluding hydrogens is 344 g/mol. The van der Waals surface area contributed by atoms with Crippen LogP contribution < -0.4 is 10.2 Å². The molecule has 1 aromatic heterocycles. The molecule has 8 heteroatoms. The molecule has 2 aliphatic heterocycles. The molecule has 0 bridgehead atoms. The number of allylic oxidation sites excluding steroid dienone is 1. The van der Waals surface area contributed by atoms with Gasteiger partial charge in [-0.3, -0.25) is 4.90 Å². The third-order valence-electron chi connectivity index (χ3n) is 5.84. The number of ether oxygens (including phenoxy) is 1. The maximum absolute atomic E-state index is 9.55. The SMILES string of the molecule is CCCCN(CCO)C1CCCC2=C1Nc1nc(N3CCOCC3)nn1C2. The Morgan fingerprint density at radius 2 is 2.15 bits per heavy atom. The van der Waals surface area contributed by atoms with Crippen molar-refractivity contribution in [1.82, 2.24) is 19.7 Å². The number of morpholine rings is 1. The summed E-state index contributed by atoms with van der Waals surface area (Å²) in [5, 5.41) is 17.9. The van der Waals surface area contributed by atoms with Crippen LogP contribution in [0.5, 0.6) is 0 Å². The van der Waals surface area contributed by atoms with E-state index >= 15 is 0 Å². The van der Waals surface area contributed by atoms with Crippen molar-refractivity contribution >= 4 is 11.9 Å². The summed E-state index contributed by atoms with van der Waals surface area (Å²) in [5.41, 5.74) is 2.75. The van der Waals surface area contributed by atoms with Gasteiger partial charge in [-0.2, -0.15) is 4.98 Å². The summed E-state index contributed by atoms with van der Waals surface area (Å²) in [4.78, 5) is 9.42. The average Bonchev–Trinajstić information content (AvgIpc) is 3.12. The van der Waals surface area contributed by atoms with Gasteiger partial charge in [0, 0.05) is 25.3 Å². The monoisotopic (exact) mass is 376 g/mol. The number of rotatable bonds is 7. The third kappa shape index (κ3) is 3.97. The smallest absolute Gasteiger partial charge is 0.246 e. The van der Waals surface area contributed by atoms with Gasteiger partial charge in [-0.05, 0) is 37.8 Å². The maximum Gasteiger partial charge on any atom is 0.246 e. The number of aliphatic hydroxyl groups excluding tert-OH is 1. The topological polar surface area (TPSA) is 78.7 Å². The summed E-state index contributed by atoms with van der Waals surface area (Å²) in [7, 11) is 0. The lowest BCUT2D eigenvalue weighted by molar-refractivity contribution is 0.122. The molecule has 1 unspecified atom stereocenters. The summed E-state index contributed by atoms with van der Waals surface area (Å²) in [6, 6.07) is 0.352. The molecule has 8 nitrogen and oxygen atoms in total. The number of hydrogen-bond acceptors (Lipinski definition) is 7. The van der Waals surface area contributed by atoms with Crippen LogP contribution in [-0.4, -0.2) is 76.8 Å². The van der Waals surface area contributed by atoms with Crippen molar-refractivity contribution in [3.63, 3.8) is 0 Å². The van der Waals surface area contributed by atoms with Crippen molar-refractivity contribution in [2.24, 2.45) is 0 Å². The zero-order chi connectivity index (χ0) is 18.6. The van der Waals surface area contributed by atoms with E-state index in [1.54, 1.807) is 0 Å². The van der Waals surface area contributed by atoms with Gasteiger partial charge in [-0.1, -0.05) is 13.3 Å². The van der Waals surface area contributed by atoms with Crippen molar-refractivity contribution in [2.45, 2.75) is 51.6 Å². The summed E-state index contributed by atoms with van der Waals surface area (Å²) in [6.45, 7) is 8.19. The van der Waals surface area contributed by atoms with E-state index in [9.17, 15) is 5.11 Å². The fourth-order valence-electron chi connectivity index (χ4n) is 4.37. The lowest BCUT2D eigenvalue weighted by Crippen LogP contribution is -2.44. The fraction of sp³-hybridized carbons (Fsp3) is 0.789. The predicted octanol–water partition coefficient (Wildman–Crippen LogP) is 1.44. The molecule has 0 spiro atoms. The Bertz CT molecular complexity index is 667. The normalized spacial score (nSPS) is 22.6. The van der Waals surface area contributed by atoms with Gasteiger partial charge in [0.25, 0.3) is 0 Å². The van der Waals surface area contributed by atoms with Crippen LogP contribution in [0.3, 0.4) is 0 Å². The van der Waals surface area contributed by atoms with Gasteiger partial charge in [-0.25, -0.2) is 4.68 Å². The van der Waals surface area contributed by atoms with E-state index in [2.05, 4.69) is 22.0 Å². The van der Waals surface area contributed by atoms with Gasteiger partial charge < -0.3 is 20.1 Å². The molecule has 27 heavy (non-hydrogen) atoms. The van der Waals surface area contributed by atoms with Gasteiger partial charge in [-0.15, -0.1) is 5.10 Å². The van der Waals surface area contributed by atoms with Crippen molar-refractivity contribution in [2.75, 3.05) is 56.2 Å². The minimum Gasteiger partial charge on any atom is -0.395 e. The van der Waals surface area contributed by atoms with Gasteiger partial charge in [0.05, 0.1) is 32.4 Å². The van der Waals surface area contributed by atoms with Crippen LogP contribution in [0.25, 0.3) is 0 Å². The number of fused-ring (bicyclic) bond motifs is 1. The molecule has 0 aromatic carbocycles. The Balaban J connectivity index is 1.53. The van der Waals surface area contributed by atoms with Gasteiger partial charge in [0.1, 0.15) is 0 Å². The molecule has 1 fully saturated rings. The minimum atomic E-state index is 0.209. The van der Waals surface area contributed by atoms with Crippen molar-refractivity contribution in [3.8, 4) is 0 Å². The van der Waals surface area contributed by atoms with Crippen molar-refractivity contribution in [1.29, 1.82) is 0 Å². The molecule has 1 saturated heterocycles. The van der Waals surface area contributed by atoms with E-state index in [1.807, 2.05) is 4.68 Å². The highest BCUT2D eigenvalue weighted by molar-refractivity contribution is 5.48. The van der Waals surface area contributed by atoms with Crippen molar-refractivity contribution < 1.29 is 9.84 Å². The van der Waals surface area contributed by atoms with Gasteiger partial charge >= 0.3 is 0 Å². The Morgan fingerprint density at radius 1 is 1.30 bits per heavy atom. The Labute approximate surface area is 161 Å². The van der Waals surface area contributed by atoms with E-state index in [1.165, 1.54) is 24.1 Å². The molecular formula is C19H32N6O2. The summed E-state index contributed by atoms with van der Waals surface area (Å²) < 4.78 is 7.45. The van der Waals surface area contributed by atoms with Crippen LogP contribution in [0.2, 0.25) is 0 Å². The lowest BCUT2D eigenvalue weighted by Gasteiger charge is -2.39. The zero-order valence-electron chi connectivity index (χ0n) is 16.4. The molecule has 3 aliphatic rings. The second kappa shape index (κ2) is 8.58. The quantitative estimate of drug-likeness (QED) is 0.745. The average molecular weight is 377 g/mol. The van der Waals surface area contributed by atoms with Crippen LogP contribution in [0.15, 0.2) is 11.3 Å². The summed E-state index contributed by atoms with van der Waals surface area (Å²) in [5.74, 6) is 1.65. The first-order valence-electron chi connectivity index (χ1n) is 10.4. The zero-order valence-corrected chi connectivity index (χ0v) is 16.4. The molecule has 2 N–H and O–H groups in total. The lowest BCUT2D eigenvalue weighted by atomic mass is 9.90. The molecule has 1 aromatic rings. The van der Waals surface area contributed by atoms with E-state index in [0.29, 0.717) is 6.04 Å². The summed E-state index contributed by atoms with van der Waals surface area (Å²) in [6.07, 6.45) is 5.78. The molecule has 0 saturated carbocycles. The first kappa shape index (κ1) is 18.7. The maximum atomic E-state index is 9.55. The molecule has 4 rings (SSSR count). The first-order valence-corrected chi connectivity index (χ1v) is 10.4. The highest BCUT2D eigenvalue weighted by Gasteiger charge is 2.32. The minimum absolute atomic E-state index is 0.209. The molecule has 150 valence electrons. The number of anilines is 2. The van der Waals surface area contributed by atoms with Crippen LogP contribution >= 0.6 is 0 Å². The number of hydrogen-bond donors (Lipinski definition) is 2. The van der Waals surface area contributed by atoms with Crippen LogP contribution in [0.4, 0.5) is 11.9 Å². The number of nitrogens with one attached hydrogen (secondary N) is 1. The second-order valence-electron chi connectivity index (χ2n) is 7.66. The van der Waals surface area contributed by atoms with E-state index in [-0.39, 0.29) is 6.61 Å².